The fourth-order valence-corrected chi connectivity index (χ4v) is 2.70. The number of aromatic hydroxyl groups is 1. The van der Waals surface area contributed by atoms with Gasteiger partial charge in [0.1, 0.15) is 5.75 Å². The summed E-state index contributed by atoms with van der Waals surface area (Å²) in [6.07, 6.45) is -0.466. The van der Waals surface area contributed by atoms with Crippen LogP contribution < -0.4 is 5.32 Å². The number of nitro benzene ring substituents is 1. The number of hydrogen-bond acceptors (Lipinski definition) is 7. The largest absolute Gasteiger partial charge is 0.508 e. The zero-order valence-corrected chi connectivity index (χ0v) is 15.5. The topological polar surface area (TPSA) is 184 Å². The van der Waals surface area contributed by atoms with Gasteiger partial charge >= 0.3 is 11.9 Å². The second-order valence-electron chi connectivity index (χ2n) is 6.32. The number of aryl methyl sites for hydroxylation is 1. The lowest BCUT2D eigenvalue weighted by molar-refractivity contribution is -0.384. The number of carbonyl (C=O) groups excluding carboxylic acids is 2. The van der Waals surface area contributed by atoms with E-state index >= 15 is 0 Å². The Balaban J connectivity index is 0.000000215. The Morgan fingerprint density at radius 1 is 1.03 bits per heavy atom. The quantitative estimate of drug-likeness (QED) is 0.320. The van der Waals surface area contributed by atoms with Crippen LogP contribution in [0.25, 0.3) is 0 Å². The van der Waals surface area contributed by atoms with Crippen molar-refractivity contribution in [3.8, 4) is 5.75 Å². The molecule has 30 heavy (non-hydrogen) atoms. The van der Waals surface area contributed by atoms with E-state index in [0.29, 0.717) is 22.4 Å². The van der Waals surface area contributed by atoms with E-state index in [-0.39, 0.29) is 29.8 Å². The maximum atomic E-state index is 11.1. The van der Waals surface area contributed by atoms with Gasteiger partial charge in [-0.25, -0.2) is 0 Å². The van der Waals surface area contributed by atoms with Crippen LogP contribution in [0.2, 0.25) is 0 Å². The third-order valence-electron chi connectivity index (χ3n) is 4.13. The van der Waals surface area contributed by atoms with Gasteiger partial charge in [-0.1, -0.05) is 6.07 Å². The highest BCUT2D eigenvalue weighted by Crippen LogP contribution is 2.27. The summed E-state index contributed by atoms with van der Waals surface area (Å²) < 4.78 is 0. The van der Waals surface area contributed by atoms with Crippen LogP contribution in [0.1, 0.15) is 27.0 Å². The fourth-order valence-electron chi connectivity index (χ4n) is 2.70. The van der Waals surface area contributed by atoms with E-state index in [0.717, 1.165) is 6.07 Å². The minimum absolute atomic E-state index is 0.0594. The molecule has 2 aromatic carbocycles. The van der Waals surface area contributed by atoms with E-state index in [1.807, 2.05) is 0 Å². The molecule has 0 saturated carbocycles. The van der Waals surface area contributed by atoms with Crippen LogP contribution in [0.15, 0.2) is 30.3 Å². The number of benzene rings is 2. The summed E-state index contributed by atoms with van der Waals surface area (Å²) in [5.41, 5.74) is 1.62. The number of nitrogens with zero attached hydrogens (tertiary/aromatic N) is 1. The van der Waals surface area contributed by atoms with Crippen LogP contribution in [0.5, 0.6) is 5.75 Å². The van der Waals surface area contributed by atoms with Gasteiger partial charge in [-0.3, -0.25) is 29.3 Å². The number of Topliss-reactive ketones (excluding diaryl/α,β-unsaturated/α-hetero) is 1. The molecule has 0 aromatic heterocycles. The Morgan fingerprint density at radius 3 is 2.20 bits per heavy atom. The lowest BCUT2D eigenvalue weighted by Crippen LogP contribution is -2.12. The molecule has 0 atom stereocenters. The average molecular weight is 416 g/mol. The number of carboxylic acids is 2. The van der Waals surface area contributed by atoms with E-state index in [1.54, 1.807) is 6.92 Å². The molecule has 0 bridgehead atoms. The number of non-ortho nitro benzene ring substituents is 1. The SMILES string of the molecule is Cc1cc(CC(=O)O)c(O)cc1CC(=O)O.O=C1Nc2ccc([N+](=O)[O-])cc2C1=O. The summed E-state index contributed by atoms with van der Waals surface area (Å²) in [7, 11) is 0. The Kier molecular flexibility index (Phi) is 6.47. The number of amides is 1. The number of aliphatic carboxylic acids is 2. The zero-order chi connectivity index (χ0) is 22.6. The number of phenolic OH excluding ortho intramolecular Hbond substituents is 1. The molecule has 0 unspecified atom stereocenters. The Bertz CT molecular complexity index is 1030. The third-order valence-corrected chi connectivity index (χ3v) is 4.13. The molecule has 3 rings (SSSR count). The van der Waals surface area contributed by atoms with Crippen LogP contribution in [-0.2, 0) is 27.2 Å². The molecule has 11 nitrogen and oxygen atoms in total. The molecule has 1 aliphatic rings. The molecule has 1 amide bonds. The summed E-state index contributed by atoms with van der Waals surface area (Å²) in [5.74, 6) is -3.69. The number of ketones is 1. The minimum Gasteiger partial charge on any atom is -0.508 e. The number of fused-ring (bicyclic) bond motifs is 1. The highest BCUT2D eigenvalue weighted by molar-refractivity contribution is 6.51. The molecule has 11 heteroatoms. The highest BCUT2D eigenvalue weighted by atomic mass is 16.6. The Morgan fingerprint density at radius 2 is 1.63 bits per heavy atom. The van der Waals surface area contributed by atoms with E-state index in [1.165, 1.54) is 24.3 Å². The lowest BCUT2D eigenvalue weighted by Gasteiger charge is -2.08. The van der Waals surface area contributed by atoms with Crippen molar-refractivity contribution in [2.24, 2.45) is 0 Å². The van der Waals surface area contributed by atoms with Gasteiger partial charge in [0.05, 0.1) is 29.0 Å². The van der Waals surface area contributed by atoms with Crippen LogP contribution in [0, 0.1) is 17.0 Å². The second kappa shape index (κ2) is 8.82. The molecular formula is C19H16N2O9. The molecule has 0 aliphatic carbocycles. The molecule has 156 valence electrons. The number of carbonyl (C=O) groups is 4. The maximum absolute atomic E-state index is 11.1. The summed E-state index contributed by atoms with van der Waals surface area (Å²) in [6.45, 7) is 1.68. The van der Waals surface area contributed by atoms with Gasteiger partial charge in [-0.15, -0.1) is 0 Å². The number of phenols is 1. The summed E-state index contributed by atoms with van der Waals surface area (Å²) >= 11 is 0. The number of anilines is 1. The minimum atomic E-state index is -1.04. The predicted octanol–water partition coefficient (Wildman–Crippen LogP) is 1.68. The fraction of sp³-hybridized carbons (Fsp3) is 0.158. The molecule has 0 spiro atoms. The van der Waals surface area contributed by atoms with Crippen molar-refractivity contribution < 1.29 is 39.4 Å². The van der Waals surface area contributed by atoms with Crippen molar-refractivity contribution in [3.05, 3.63) is 62.7 Å². The van der Waals surface area contributed by atoms with Gasteiger partial charge in [-0.05, 0) is 30.2 Å². The molecule has 1 heterocycles. The molecule has 0 saturated heterocycles. The molecule has 2 aromatic rings. The van der Waals surface area contributed by atoms with Crippen LogP contribution in [0.4, 0.5) is 11.4 Å². The van der Waals surface area contributed by atoms with Gasteiger partial charge in [0.15, 0.2) is 0 Å². The molecular weight excluding hydrogens is 400 g/mol. The van der Waals surface area contributed by atoms with Gasteiger partial charge in [0.2, 0.25) is 0 Å². The van der Waals surface area contributed by atoms with Crippen molar-refractivity contribution in [2.75, 3.05) is 5.32 Å². The summed E-state index contributed by atoms with van der Waals surface area (Å²) in [5, 5.41) is 39.4. The first-order chi connectivity index (χ1) is 14.0. The first-order valence-electron chi connectivity index (χ1n) is 8.38. The summed E-state index contributed by atoms with van der Waals surface area (Å²) in [6, 6.07) is 6.48. The first-order valence-corrected chi connectivity index (χ1v) is 8.38. The third kappa shape index (κ3) is 5.16. The van der Waals surface area contributed by atoms with E-state index in [2.05, 4.69) is 5.32 Å². The van der Waals surface area contributed by atoms with Gasteiger partial charge in [0.25, 0.3) is 17.4 Å². The van der Waals surface area contributed by atoms with Crippen LogP contribution >= 0.6 is 0 Å². The van der Waals surface area contributed by atoms with Crippen molar-refractivity contribution in [1.82, 2.24) is 0 Å². The predicted molar refractivity (Wildman–Crippen MR) is 102 cm³/mol. The second-order valence-corrected chi connectivity index (χ2v) is 6.32. The number of carboxylic acid groups (broad SMARTS) is 2. The normalized spacial score (nSPS) is 11.8. The smallest absolute Gasteiger partial charge is 0.307 e. The maximum Gasteiger partial charge on any atom is 0.307 e. The van der Waals surface area contributed by atoms with Crippen LogP contribution in [-0.4, -0.2) is 43.9 Å². The lowest BCUT2D eigenvalue weighted by atomic mass is 10.00. The van der Waals surface area contributed by atoms with Crippen molar-refractivity contribution in [3.63, 3.8) is 0 Å². The van der Waals surface area contributed by atoms with Gasteiger partial charge < -0.3 is 20.6 Å². The number of nitro groups is 1. The first kappa shape index (κ1) is 22.0. The monoisotopic (exact) mass is 416 g/mol. The van der Waals surface area contributed by atoms with E-state index in [4.69, 9.17) is 10.2 Å². The van der Waals surface area contributed by atoms with E-state index < -0.39 is 28.6 Å². The molecule has 0 fully saturated rings. The van der Waals surface area contributed by atoms with Crippen molar-refractivity contribution in [1.29, 1.82) is 0 Å². The van der Waals surface area contributed by atoms with Crippen molar-refractivity contribution >= 4 is 35.0 Å². The van der Waals surface area contributed by atoms with E-state index in [9.17, 15) is 34.4 Å². The number of hydrogen-bond donors (Lipinski definition) is 4. The zero-order valence-electron chi connectivity index (χ0n) is 15.5. The molecule has 0 radical (unpaired) electrons. The standard InChI is InChI=1S/C11H12O5.C8H4N2O4/c1-6-2-8(5-11(15)16)9(12)3-7(6)4-10(13)14;11-7-5-3-4(10(13)14)1-2-6(5)9-8(7)12/h2-3,12H,4-5H2,1H3,(H,13,14)(H,15,16);1-3H,(H,9,11,12). The molecule has 4 N–H and O–H groups in total. The number of rotatable bonds is 5. The van der Waals surface area contributed by atoms with Gasteiger partial charge in [-0.2, -0.15) is 0 Å². The Labute approximate surface area is 168 Å². The highest BCUT2D eigenvalue weighted by Gasteiger charge is 2.29. The molecule has 1 aliphatic heterocycles. The number of nitrogens with one attached hydrogen (secondary N) is 1. The van der Waals surface area contributed by atoms with Crippen LogP contribution in [0.3, 0.4) is 0 Å². The Hall–Kier alpha value is -4.28. The summed E-state index contributed by atoms with van der Waals surface area (Å²) in [4.78, 5) is 52.8. The average Bonchev–Trinajstić information content (AvgIpc) is 2.93. The van der Waals surface area contributed by atoms with Crippen molar-refractivity contribution in [2.45, 2.75) is 19.8 Å². The van der Waals surface area contributed by atoms with Gasteiger partial charge in [0, 0.05) is 17.7 Å².